The molecule has 0 saturated heterocycles. The smallest absolute Gasteiger partial charge is 0.123 e. The van der Waals surface area contributed by atoms with Gasteiger partial charge >= 0.3 is 0 Å². The molecule has 0 aliphatic carbocycles. The van der Waals surface area contributed by atoms with E-state index < -0.39 is 0 Å². The average Bonchev–Trinajstić information content (AvgIpc) is 2.24. The Balaban J connectivity index is 3.58. The van der Waals surface area contributed by atoms with E-state index in [1.165, 1.54) is 11.1 Å². The highest BCUT2D eigenvalue weighted by atomic mass is 16.1. The number of allylic oxidation sites excluding steroid dienone is 3. The molecule has 0 amide bonds. The first-order valence-corrected chi connectivity index (χ1v) is 6.35. The molecular formula is C15H26O. The fourth-order valence-corrected chi connectivity index (χ4v) is 1.67. The molecule has 1 nitrogen and oxygen atoms in total. The van der Waals surface area contributed by atoms with E-state index in [2.05, 4.69) is 33.4 Å². The molecule has 0 N–H and O–H groups in total. The number of aldehydes is 1. The predicted molar refractivity (Wildman–Crippen MR) is 71.5 cm³/mol. The van der Waals surface area contributed by atoms with Gasteiger partial charge in [0.2, 0.25) is 0 Å². The quantitative estimate of drug-likeness (QED) is 0.409. The molecule has 0 aromatic rings. The summed E-state index contributed by atoms with van der Waals surface area (Å²) in [5.74, 6) is 0.255. The molecule has 0 aliphatic rings. The summed E-state index contributed by atoms with van der Waals surface area (Å²) in [7, 11) is 0. The first kappa shape index (κ1) is 15.2. The Hall–Kier alpha value is -0.850. The fraction of sp³-hybridized carbons (Fsp3) is 0.667. The third-order valence-electron chi connectivity index (χ3n) is 2.87. The van der Waals surface area contributed by atoms with Gasteiger partial charge in [-0.3, -0.25) is 0 Å². The molecule has 0 saturated carbocycles. The second-order valence-corrected chi connectivity index (χ2v) is 4.77. The standard InChI is InChI=1S/C15H26O/c1-5-15(12-16)11-7-10-14(4)9-6-8-13(2)3/h8,12,15H,4-7,9-11H2,1-3H3. The van der Waals surface area contributed by atoms with Crippen molar-refractivity contribution in [1.29, 1.82) is 0 Å². The number of carbonyl (C=O) groups excluding carboxylic acids is 1. The van der Waals surface area contributed by atoms with Crippen LogP contribution < -0.4 is 0 Å². The fourth-order valence-electron chi connectivity index (χ4n) is 1.67. The molecule has 0 aliphatic heterocycles. The summed E-state index contributed by atoms with van der Waals surface area (Å²) in [6.45, 7) is 10.4. The van der Waals surface area contributed by atoms with Gasteiger partial charge in [-0.1, -0.05) is 30.7 Å². The van der Waals surface area contributed by atoms with Crippen LogP contribution in [0.1, 0.15) is 59.3 Å². The van der Waals surface area contributed by atoms with Gasteiger partial charge in [0.25, 0.3) is 0 Å². The van der Waals surface area contributed by atoms with Crippen molar-refractivity contribution < 1.29 is 4.79 Å². The Morgan fingerprint density at radius 2 is 2.00 bits per heavy atom. The van der Waals surface area contributed by atoms with Crippen LogP contribution in [0.25, 0.3) is 0 Å². The van der Waals surface area contributed by atoms with Gasteiger partial charge in [-0.25, -0.2) is 0 Å². The molecule has 92 valence electrons. The number of carbonyl (C=O) groups is 1. The minimum atomic E-state index is 0.255. The molecular weight excluding hydrogens is 196 g/mol. The van der Waals surface area contributed by atoms with Gasteiger partial charge in [0.1, 0.15) is 6.29 Å². The molecule has 1 unspecified atom stereocenters. The molecule has 0 aromatic carbocycles. The molecule has 0 radical (unpaired) electrons. The van der Waals surface area contributed by atoms with Gasteiger partial charge in [-0.05, 0) is 52.4 Å². The Morgan fingerprint density at radius 1 is 1.31 bits per heavy atom. The zero-order valence-corrected chi connectivity index (χ0v) is 11.1. The summed E-state index contributed by atoms with van der Waals surface area (Å²) in [4.78, 5) is 10.6. The van der Waals surface area contributed by atoms with E-state index in [1.54, 1.807) is 0 Å². The third-order valence-corrected chi connectivity index (χ3v) is 2.87. The maximum Gasteiger partial charge on any atom is 0.123 e. The number of rotatable bonds is 9. The lowest BCUT2D eigenvalue weighted by Gasteiger charge is -2.08. The average molecular weight is 222 g/mol. The molecule has 0 fully saturated rings. The highest BCUT2D eigenvalue weighted by Gasteiger charge is 2.03. The van der Waals surface area contributed by atoms with Crippen molar-refractivity contribution in [2.45, 2.75) is 59.3 Å². The van der Waals surface area contributed by atoms with Gasteiger partial charge in [-0.15, -0.1) is 0 Å². The van der Waals surface area contributed by atoms with E-state index in [4.69, 9.17) is 0 Å². The van der Waals surface area contributed by atoms with E-state index >= 15 is 0 Å². The maximum absolute atomic E-state index is 10.6. The minimum absolute atomic E-state index is 0.255. The van der Waals surface area contributed by atoms with Crippen molar-refractivity contribution in [3.8, 4) is 0 Å². The topological polar surface area (TPSA) is 17.1 Å². The predicted octanol–water partition coefficient (Wildman–Crippen LogP) is 4.68. The van der Waals surface area contributed by atoms with Crippen molar-refractivity contribution in [3.63, 3.8) is 0 Å². The molecule has 0 heterocycles. The van der Waals surface area contributed by atoms with Gasteiger partial charge < -0.3 is 4.79 Å². The third kappa shape index (κ3) is 8.46. The van der Waals surface area contributed by atoms with Crippen molar-refractivity contribution in [2.24, 2.45) is 5.92 Å². The summed E-state index contributed by atoms with van der Waals surface area (Å²) in [6, 6.07) is 0. The van der Waals surface area contributed by atoms with Crippen molar-refractivity contribution in [3.05, 3.63) is 23.8 Å². The van der Waals surface area contributed by atoms with Crippen LogP contribution in [0, 0.1) is 5.92 Å². The highest BCUT2D eigenvalue weighted by Crippen LogP contribution is 2.16. The Labute approximate surface area is 101 Å². The van der Waals surface area contributed by atoms with Crippen LogP contribution >= 0.6 is 0 Å². The Kier molecular flexibility index (Phi) is 8.88. The molecule has 0 spiro atoms. The normalized spacial score (nSPS) is 11.9. The second-order valence-electron chi connectivity index (χ2n) is 4.77. The summed E-state index contributed by atoms with van der Waals surface area (Å²) >= 11 is 0. The van der Waals surface area contributed by atoms with Crippen LogP contribution in [-0.4, -0.2) is 6.29 Å². The van der Waals surface area contributed by atoms with Crippen LogP contribution in [0.4, 0.5) is 0 Å². The van der Waals surface area contributed by atoms with Crippen LogP contribution in [0.5, 0.6) is 0 Å². The lowest BCUT2D eigenvalue weighted by Crippen LogP contribution is -1.99. The number of hydrogen-bond acceptors (Lipinski definition) is 1. The summed E-state index contributed by atoms with van der Waals surface area (Å²) in [5.41, 5.74) is 2.69. The summed E-state index contributed by atoms with van der Waals surface area (Å²) in [6.07, 6.45) is 9.69. The van der Waals surface area contributed by atoms with Gasteiger partial charge in [0, 0.05) is 5.92 Å². The monoisotopic (exact) mass is 222 g/mol. The van der Waals surface area contributed by atoms with E-state index in [0.717, 1.165) is 44.8 Å². The van der Waals surface area contributed by atoms with Crippen LogP contribution in [0.3, 0.4) is 0 Å². The van der Waals surface area contributed by atoms with E-state index in [-0.39, 0.29) is 5.92 Å². The number of hydrogen-bond donors (Lipinski definition) is 0. The molecule has 0 aromatic heterocycles. The van der Waals surface area contributed by atoms with E-state index in [0.29, 0.717) is 0 Å². The van der Waals surface area contributed by atoms with Crippen molar-refractivity contribution in [2.75, 3.05) is 0 Å². The lowest BCUT2D eigenvalue weighted by atomic mass is 9.97. The summed E-state index contributed by atoms with van der Waals surface area (Å²) < 4.78 is 0. The highest BCUT2D eigenvalue weighted by molar-refractivity contribution is 5.53. The first-order valence-electron chi connectivity index (χ1n) is 6.35. The van der Waals surface area contributed by atoms with Crippen molar-refractivity contribution in [1.82, 2.24) is 0 Å². The van der Waals surface area contributed by atoms with Gasteiger partial charge in [0.15, 0.2) is 0 Å². The Bertz CT molecular complexity index is 234. The zero-order chi connectivity index (χ0) is 12.4. The van der Waals surface area contributed by atoms with Gasteiger partial charge in [0.05, 0.1) is 0 Å². The first-order chi connectivity index (χ1) is 7.60. The zero-order valence-electron chi connectivity index (χ0n) is 11.1. The molecule has 0 bridgehead atoms. The lowest BCUT2D eigenvalue weighted by molar-refractivity contribution is -0.111. The molecule has 1 heteroatoms. The largest absolute Gasteiger partial charge is 0.303 e. The molecule has 1 atom stereocenters. The van der Waals surface area contributed by atoms with Crippen LogP contribution in [-0.2, 0) is 4.79 Å². The maximum atomic E-state index is 10.6. The van der Waals surface area contributed by atoms with Crippen LogP contribution in [0.15, 0.2) is 23.8 Å². The SMILES string of the molecule is C=C(CCC=C(C)C)CCCC(C=O)CC. The summed E-state index contributed by atoms with van der Waals surface area (Å²) in [5, 5.41) is 0. The van der Waals surface area contributed by atoms with E-state index in [9.17, 15) is 4.79 Å². The Morgan fingerprint density at radius 3 is 2.50 bits per heavy atom. The van der Waals surface area contributed by atoms with Gasteiger partial charge in [-0.2, -0.15) is 0 Å². The molecule has 16 heavy (non-hydrogen) atoms. The van der Waals surface area contributed by atoms with Crippen LogP contribution in [0.2, 0.25) is 0 Å². The minimum Gasteiger partial charge on any atom is -0.303 e. The van der Waals surface area contributed by atoms with E-state index in [1.807, 2.05) is 0 Å². The second kappa shape index (κ2) is 9.38. The van der Waals surface area contributed by atoms with Crippen molar-refractivity contribution >= 4 is 6.29 Å². The molecule has 0 rings (SSSR count).